The van der Waals surface area contributed by atoms with Crippen molar-refractivity contribution < 1.29 is 9.18 Å². The third kappa shape index (κ3) is 6.48. The van der Waals surface area contributed by atoms with Crippen molar-refractivity contribution >= 4 is 29.1 Å². The zero-order chi connectivity index (χ0) is 27.2. The normalized spacial score (nSPS) is 14.2. The Morgan fingerprint density at radius 3 is 2.42 bits per heavy atom. The van der Waals surface area contributed by atoms with Crippen molar-refractivity contribution in [1.82, 2.24) is 19.6 Å². The maximum Gasteiger partial charge on any atom is 0.322 e. The number of anilines is 2. The van der Waals surface area contributed by atoms with E-state index in [-0.39, 0.29) is 11.8 Å². The van der Waals surface area contributed by atoms with E-state index in [9.17, 15) is 9.18 Å². The third-order valence-corrected chi connectivity index (χ3v) is 7.23. The first-order chi connectivity index (χ1) is 18.3. The molecule has 38 heavy (non-hydrogen) atoms. The number of amides is 2. The van der Waals surface area contributed by atoms with Crippen molar-refractivity contribution in [3.8, 4) is 5.69 Å². The van der Waals surface area contributed by atoms with Gasteiger partial charge in [0.1, 0.15) is 11.6 Å². The summed E-state index contributed by atoms with van der Waals surface area (Å²) in [7, 11) is 0. The van der Waals surface area contributed by atoms with E-state index >= 15 is 0 Å². The van der Waals surface area contributed by atoms with Gasteiger partial charge in [0.05, 0.1) is 17.9 Å². The van der Waals surface area contributed by atoms with Crippen LogP contribution in [0.3, 0.4) is 0 Å². The predicted molar refractivity (Wildman–Crippen MR) is 153 cm³/mol. The van der Waals surface area contributed by atoms with Gasteiger partial charge in [0.2, 0.25) is 0 Å². The lowest BCUT2D eigenvalue weighted by molar-refractivity contribution is 0.206. The van der Waals surface area contributed by atoms with E-state index in [1.54, 1.807) is 24.3 Å². The van der Waals surface area contributed by atoms with Crippen LogP contribution in [0, 0.1) is 5.82 Å². The van der Waals surface area contributed by atoms with Gasteiger partial charge < -0.3 is 15.1 Å². The molecule has 7 nitrogen and oxygen atoms in total. The number of benzene rings is 2. The van der Waals surface area contributed by atoms with E-state index in [0.29, 0.717) is 29.8 Å². The lowest BCUT2D eigenvalue weighted by Crippen LogP contribution is -2.49. The molecule has 0 unspecified atom stereocenters. The molecule has 0 atom stereocenters. The summed E-state index contributed by atoms with van der Waals surface area (Å²) in [6.07, 6.45) is 1.54. The van der Waals surface area contributed by atoms with Gasteiger partial charge in [-0.2, -0.15) is 5.10 Å². The number of rotatable bonds is 9. The monoisotopic (exact) mass is 540 g/mol. The van der Waals surface area contributed by atoms with Crippen LogP contribution in [0.2, 0.25) is 5.02 Å². The van der Waals surface area contributed by atoms with E-state index < -0.39 is 0 Å². The molecule has 2 aromatic carbocycles. The third-order valence-electron chi connectivity index (χ3n) is 7.00. The highest BCUT2D eigenvalue weighted by Gasteiger charge is 2.29. The second-order valence-electron chi connectivity index (χ2n) is 9.97. The van der Waals surface area contributed by atoms with Gasteiger partial charge in [-0.05, 0) is 69.2 Å². The summed E-state index contributed by atoms with van der Waals surface area (Å²) in [6.45, 7) is 13.2. The van der Waals surface area contributed by atoms with Crippen LogP contribution in [0.15, 0.2) is 48.5 Å². The summed E-state index contributed by atoms with van der Waals surface area (Å²) in [5.74, 6) is 0.698. The average Bonchev–Trinajstić information content (AvgIpc) is 3.27. The van der Waals surface area contributed by atoms with Gasteiger partial charge in [-0.1, -0.05) is 31.5 Å². The van der Waals surface area contributed by atoms with E-state index in [4.69, 9.17) is 16.7 Å². The van der Waals surface area contributed by atoms with E-state index in [2.05, 4.69) is 42.8 Å². The number of aryl methyl sites for hydroxylation is 1. The number of nitrogens with one attached hydrogen (secondary N) is 1. The number of halogens is 2. The number of hydrogen-bond acceptors (Lipinski definition) is 4. The zero-order valence-corrected chi connectivity index (χ0v) is 23.5. The van der Waals surface area contributed by atoms with Crippen LogP contribution >= 0.6 is 11.6 Å². The molecule has 0 spiro atoms. The highest BCUT2D eigenvalue weighted by atomic mass is 35.5. The Balaban J connectivity index is 1.71. The van der Waals surface area contributed by atoms with Crippen LogP contribution in [-0.4, -0.2) is 64.4 Å². The van der Waals surface area contributed by atoms with Crippen molar-refractivity contribution in [2.75, 3.05) is 42.9 Å². The standard InChI is InChI=1S/C29H38ClFN6O/c1-5-14-36(29(38)32-24-9-7-8-22(30)19-24)20-26-27(6-2)33-37(25-12-10-23(31)11-13-25)28(26)35-17-15-34(16-18-35)21(3)4/h7-13,19,21H,5-6,14-18,20H2,1-4H3,(H,32,38). The average molecular weight is 541 g/mol. The number of urea groups is 1. The fraction of sp³-hybridized carbons (Fsp3) is 0.448. The maximum atomic E-state index is 13.8. The molecule has 2 amide bonds. The molecule has 204 valence electrons. The summed E-state index contributed by atoms with van der Waals surface area (Å²) in [5, 5.41) is 8.56. The molecule has 1 fully saturated rings. The topological polar surface area (TPSA) is 56.6 Å². The van der Waals surface area contributed by atoms with Gasteiger partial charge in [-0.3, -0.25) is 4.90 Å². The van der Waals surface area contributed by atoms with Gasteiger partial charge in [-0.25, -0.2) is 13.9 Å². The van der Waals surface area contributed by atoms with E-state index in [1.165, 1.54) is 12.1 Å². The molecule has 1 aliphatic rings. The number of carbonyl (C=O) groups is 1. The molecule has 1 saturated heterocycles. The minimum atomic E-state index is -0.282. The summed E-state index contributed by atoms with van der Waals surface area (Å²) in [5.41, 5.74) is 3.43. The van der Waals surface area contributed by atoms with Crippen LogP contribution in [0.5, 0.6) is 0 Å². The molecular formula is C29H38ClFN6O. The molecule has 1 aliphatic heterocycles. The van der Waals surface area contributed by atoms with Gasteiger partial charge in [0, 0.05) is 55.0 Å². The maximum absolute atomic E-state index is 13.8. The van der Waals surface area contributed by atoms with Gasteiger partial charge in [0.25, 0.3) is 0 Å². The smallest absolute Gasteiger partial charge is 0.322 e. The van der Waals surface area contributed by atoms with Crippen LogP contribution in [0.1, 0.15) is 45.4 Å². The molecule has 4 rings (SSSR count). The minimum absolute atomic E-state index is 0.179. The fourth-order valence-electron chi connectivity index (χ4n) is 4.95. The highest BCUT2D eigenvalue weighted by molar-refractivity contribution is 6.30. The molecule has 0 bridgehead atoms. The molecular weight excluding hydrogens is 503 g/mol. The first kappa shape index (κ1) is 27.9. The molecule has 0 aliphatic carbocycles. The summed E-state index contributed by atoms with van der Waals surface area (Å²) in [4.78, 5) is 20.1. The quantitative estimate of drug-likeness (QED) is 0.351. The SMILES string of the molecule is CCCN(Cc1c(CC)nn(-c2ccc(F)cc2)c1N1CCN(C(C)C)CC1)C(=O)Nc1cccc(Cl)c1. The minimum Gasteiger partial charge on any atom is -0.354 e. The Bertz CT molecular complexity index is 1220. The fourth-order valence-corrected chi connectivity index (χ4v) is 5.14. The Hall–Kier alpha value is -3.10. The molecule has 0 saturated carbocycles. The van der Waals surface area contributed by atoms with Crippen LogP contribution in [-0.2, 0) is 13.0 Å². The Kier molecular flexibility index (Phi) is 9.28. The number of carbonyl (C=O) groups excluding carboxylic acids is 1. The molecule has 1 aromatic heterocycles. The number of hydrogen-bond donors (Lipinski definition) is 1. The van der Waals surface area contributed by atoms with Gasteiger partial charge >= 0.3 is 6.03 Å². The van der Waals surface area contributed by atoms with E-state index in [0.717, 1.165) is 61.8 Å². The largest absolute Gasteiger partial charge is 0.354 e. The lowest BCUT2D eigenvalue weighted by Gasteiger charge is -2.38. The molecule has 9 heteroatoms. The summed E-state index contributed by atoms with van der Waals surface area (Å²) < 4.78 is 15.7. The zero-order valence-electron chi connectivity index (χ0n) is 22.8. The Morgan fingerprint density at radius 1 is 1.11 bits per heavy atom. The van der Waals surface area contributed by atoms with Crippen LogP contribution < -0.4 is 10.2 Å². The Morgan fingerprint density at radius 2 is 1.82 bits per heavy atom. The predicted octanol–water partition coefficient (Wildman–Crippen LogP) is 6.20. The van der Waals surface area contributed by atoms with E-state index in [1.807, 2.05) is 21.7 Å². The molecule has 3 aromatic rings. The second-order valence-corrected chi connectivity index (χ2v) is 10.4. The van der Waals surface area contributed by atoms with Crippen molar-refractivity contribution in [2.24, 2.45) is 0 Å². The summed E-state index contributed by atoms with van der Waals surface area (Å²) in [6, 6.07) is 13.9. The number of nitrogens with zero attached hydrogens (tertiary/aromatic N) is 5. The van der Waals surface area contributed by atoms with Gasteiger partial charge in [-0.15, -0.1) is 0 Å². The van der Waals surface area contributed by atoms with Crippen molar-refractivity contribution in [3.05, 3.63) is 70.6 Å². The van der Waals surface area contributed by atoms with Crippen LogP contribution in [0.25, 0.3) is 5.69 Å². The number of aromatic nitrogens is 2. The molecule has 1 N–H and O–H groups in total. The van der Waals surface area contributed by atoms with Crippen LogP contribution in [0.4, 0.5) is 20.7 Å². The second kappa shape index (κ2) is 12.6. The number of piperazine rings is 1. The molecule has 0 radical (unpaired) electrons. The first-order valence-electron chi connectivity index (χ1n) is 13.5. The van der Waals surface area contributed by atoms with Crippen molar-refractivity contribution in [2.45, 2.75) is 53.1 Å². The van der Waals surface area contributed by atoms with Gasteiger partial charge in [0.15, 0.2) is 0 Å². The molecule has 2 heterocycles. The summed E-state index contributed by atoms with van der Waals surface area (Å²) >= 11 is 6.14. The Labute approximate surface area is 230 Å². The van der Waals surface area contributed by atoms with Crippen molar-refractivity contribution in [3.63, 3.8) is 0 Å². The first-order valence-corrected chi connectivity index (χ1v) is 13.9. The highest BCUT2D eigenvalue weighted by Crippen LogP contribution is 2.31. The van der Waals surface area contributed by atoms with Crippen molar-refractivity contribution in [1.29, 1.82) is 0 Å². The lowest BCUT2D eigenvalue weighted by atomic mass is 10.1.